The highest BCUT2D eigenvalue weighted by Gasteiger charge is 2.23. The van der Waals surface area contributed by atoms with Crippen LogP contribution in [0.15, 0.2) is 30.3 Å². The van der Waals surface area contributed by atoms with Crippen LogP contribution < -0.4 is 11.1 Å². The van der Waals surface area contributed by atoms with Gasteiger partial charge in [0, 0.05) is 0 Å². The molecule has 18 heavy (non-hydrogen) atoms. The molecule has 1 rings (SSSR count). The summed E-state index contributed by atoms with van der Waals surface area (Å²) in [4.78, 5) is 23.1. The Morgan fingerprint density at radius 3 is 2.39 bits per heavy atom. The minimum Gasteiger partial charge on any atom is -0.368 e. The molecule has 0 spiro atoms. The van der Waals surface area contributed by atoms with E-state index < -0.39 is 11.9 Å². The molecule has 0 saturated carbocycles. The molecule has 0 aliphatic heterocycles. The van der Waals surface area contributed by atoms with Crippen molar-refractivity contribution in [3.63, 3.8) is 0 Å². The molecule has 0 aliphatic carbocycles. The minimum absolute atomic E-state index is 0.0437. The Bertz CT molecular complexity index is 404. The van der Waals surface area contributed by atoms with Gasteiger partial charge in [0.05, 0.1) is 6.42 Å². The zero-order valence-electron chi connectivity index (χ0n) is 10.8. The first-order valence-electron chi connectivity index (χ1n) is 6.17. The minimum atomic E-state index is -0.591. The van der Waals surface area contributed by atoms with E-state index in [-0.39, 0.29) is 18.2 Å². The Labute approximate surface area is 108 Å². The summed E-state index contributed by atoms with van der Waals surface area (Å²) in [5, 5.41) is 2.70. The predicted octanol–water partition coefficient (Wildman–Crippen LogP) is 1.25. The van der Waals surface area contributed by atoms with E-state index in [9.17, 15) is 9.59 Å². The van der Waals surface area contributed by atoms with Gasteiger partial charge in [0.2, 0.25) is 11.8 Å². The Morgan fingerprint density at radius 2 is 1.89 bits per heavy atom. The van der Waals surface area contributed by atoms with Crippen LogP contribution >= 0.6 is 0 Å². The first-order valence-corrected chi connectivity index (χ1v) is 6.17. The number of primary amides is 1. The van der Waals surface area contributed by atoms with Gasteiger partial charge in [-0.3, -0.25) is 9.59 Å². The Morgan fingerprint density at radius 1 is 1.28 bits per heavy atom. The standard InChI is InChI=1S/C14H20N2O2/c1-3-10(2)13(14(15)18)16-12(17)9-11-7-5-4-6-8-11/h4-8,10,13H,3,9H2,1-2H3,(H2,15,18)(H,16,17)/t10-,13+/m1/s1. The molecule has 4 nitrogen and oxygen atoms in total. The molecule has 1 aromatic carbocycles. The molecule has 0 saturated heterocycles. The maximum absolute atomic E-state index is 11.8. The van der Waals surface area contributed by atoms with E-state index in [0.29, 0.717) is 0 Å². The van der Waals surface area contributed by atoms with E-state index >= 15 is 0 Å². The van der Waals surface area contributed by atoms with Crippen molar-refractivity contribution in [2.45, 2.75) is 32.7 Å². The number of benzene rings is 1. The molecular weight excluding hydrogens is 228 g/mol. The molecular formula is C14H20N2O2. The van der Waals surface area contributed by atoms with Crippen LogP contribution in [0.25, 0.3) is 0 Å². The van der Waals surface area contributed by atoms with Crippen molar-refractivity contribution < 1.29 is 9.59 Å². The van der Waals surface area contributed by atoms with Crippen LogP contribution in [0.4, 0.5) is 0 Å². The molecule has 0 aliphatic rings. The van der Waals surface area contributed by atoms with Gasteiger partial charge in [-0.1, -0.05) is 50.6 Å². The normalized spacial score (nSPS) is 13.7. The Kier molecular flexibility index (Phi) is 5.36. The number of rotatable bonds is 6. The summed E-state index contributed by atoms with van der Waals surface area (Å²) in [6, 6.07) is 8.81. The fourth-order valence-electron chi connectivity index (χ4n) is 1.74. The molecule has 0 aromatic heterocycles. The average molecular weight is 248 g/mol. The summed E-state index contributed by atoms with van der Waals surface area (Å²) in [6.45, 7) is 3.86. The van der Waals surface area contributed by atoms with Gasteiger partial charge in [-0.15, -0.1) is 0 Å². The van der Waals surface area contributed by atoms with Gasteiger partial charge in [-0.25, -0.2) is 0 Å². The average Bonchev–Trinajstić information content (AvgIpc) is 2.36. The fraction of sp³-hybridized carbons (Fsp3) is 0.429. The van der Waals surface area contributed by atoms with Gasteiger partial charge >= 0.3 is 0 Å². The van der Waals surface area contributed by atoms with Crippen molar-refractivity contribution in [3.05, 3.63) is 35.9 Å². The van der Waals surface area contributed by atoms with Crippen molar-refractivity contribution in [1.82, 2.24) is 5.32 Å². The van der Waals surface area contributed by atoms with E-state index in [4.69, 9.17) is 5.73 Å². The molecule has 4 heteroatoms. The highest BCUT2D eigenvalue weighted by molar-refractivity contribution is 5.87. The number of carbonyl (C=O) groups is 2. The second-order valence-electron chi connectivity index (χ2n) is 4.50. The summed E-state index contributed by atoms with van der Waals surface area (Å²) in [7, 11) is 0. The summed E-state index contributed by atoms with van der Waals surface area (Å²) in [5.41, 5.74) is 6.22. The summed E-state index contributed by atoms with van der Waals surface area (Å²) in [6.07, 6.45) is 1.06. The summed E-state index contributed by atoms with van der Waals surface area (Å²) in [5.74, 6) is -0.613. The van der Waals surface area contributed by atoms with E-state index in [1.165, 1.54) is 0 Å². The second kappa shape index (κ2) is 6.79. The third-order valence-electron chi connectivity index (χ3n) is 3.04. The molecule has 0 unspecified atom stereocenters. The van der Waals surface area contributed by atoms with Crippen LogP contribution in [0.2, 0.25) is 0 Å². The zero-order valence-corrected chi connectivity index (χ0v) is 10.8. The maximum atomic E-state index is 11.8. The summed E-state index contributed by atoms with van der Waals surface area (Å²) < 4.78 is 0. The van der Waals surface area contributed by atoms with Gasteiger partial charge in [0.25, 0.3) is 0 Å². The monoisotopic (exact) mass is 248 g/mol. The third kappa shape index (κ3) is 4.20. The van der Waals surface area contributed by atoms with Crippen molar-refractivity contribution in [3.8, 4) is 0 Å². The molecule has 3 N–H and O–H groups in total. The number of carbonyl (C=O) groups excluding carboxylic acids is 2. The lowest BCUT2D eigenvalue weighted by molar-refractivity contribution is -0.128. The SMILES string of the molecule is CC[C@@H](C)[C@H](NC(=O)Cc1ccccc1)C(N)=O. The van der Waals surface area contributed by atoms with Gasteiger partial charge < -0.3 is 11.1 Å². The smallest absolute Gasteiger partial charge is 0.240 e. The number of hydrogen-bond acceptors (Lipinski definition) is 2. The number of nitrogens with one attached hydrogen (secondary N) is 1. The predicted molar refractivity (Wildman–Crippen MR) is 70.7 cm³/mol. The molecule has 0 fully saturated rings. The topological polar surface area (TPSA) is 72.2 Å². The second-order valence-corrected chi connectivity index (χ2v) is 4.50. The Hall–Kier alpha value is -1.84. The number of nitrogens with two attached hydrogens (primary N) is 1. The highest BCUT2D eigenvalue weighted by Crippen LogP contribution is 2.08. The quantitative estimate of drug-likeness (QED) is 0.795. The molecule has 1 aromatic rings. The first kappa shape index (κ1) is 14.2. The molecule has 0 heterocycles. The van der Waals surface area contributed by atoms with Crippen LogP contribution in [0.3, 0.4) is 0 Å². The lowest BCUT2D eigenvalue weighted by atomic mass is 9.98. The van der Waals surface area contributed by atoms with Gasteiger partial charge in [0.15, 0.2) is 0 Å². The van der Waals surface area contributed by atoms with E-state index in [2.05, 4.69) is 5.32 Å². The van der Waals surface area contributed by atoms with Gasteiger partial charge in [0.1, 0.15) is 6.04 Å². The first-order chi connectivity index (χ1) is 8.54. The van der Waals surface area contributed by atoms with Gasteiger partial charge in [-0.05, 0) is 11.5 Å². The lowest BCUT2D eigenvalue weighted by Gasteiger charge is -2.21. The lowest BCUT2D eigenvalue weighted by Crippen LogP contribution is -2.48. The van der Waals surface area contributed by atoms with Gasteiger partial charge in [-0.2, -0.15) is 0 Å². The van der Waals surface area contributed by atoms with Crippen molar-refractivity contribution in [1.29, 1.82) is 0 Å². The van der Waals surface area contributed by atoms with Crippen molar-refractivity contribution in [2.75, 3.05) is 0 Å². The van der Waals surface area contributed by atoms with Crippen LogP contribution in [0.1, 0.15) is 25.8 Å². The summed E-state index contributed by atoms with van der Waals surface area (Å²) >= 11 is 0. The van der Waals surface area contributed by atoms with E-state index in [0.717, 1.165) is 12.0 Å². The van der Waals surface area contributed by atoms with Crippen LogP contribution in [0, 0.1) is 5.92 Å². The fourth-order valence-corrected chi connectivity index (χ4v) is 1.74. The maximum Gasteiger partial charge on any atom is 0.240 e. The Balaban J connectivity index is 2.60. The largest absolute Gasteiger partial charge is 0.368 e. The van der Waals surface area contributed by atoms with Crippen molar-refractivity contribution in [2.24, 2.45) is 11.7 Å². The third-order valence-corrected chi connectivity index (χ3v) is 3.04. The van der Waals surface area contributed by atoms with E-state index in [1.54, 1.807) is 0 Å². The number of hydrogen-bond donors (Lipinski definition) is 2. The van der Waals surface area contributed by atoms with Crippen LogP contribution in [0.5, 0.6) is 0 Å². The molecule has 2 atom stereocenters. The highest BCUT2D eigenvalue weighted by atomic mass is 16.2. The van der Waals surface area contributed by atoms with Crippen LogP contribution in [-0.4, -0.2) is 17.9 Å². The van der Waals surface area contributed by atoms with Crippen LogP contribution in [-0.2, 0) is 16.0 Å². The molecule has 2 amide bonds. The van der Waals surface area contributed by atoms with Crippen molar-refractivity contribution >= 4 is 11.8 Å². The van der Waals surface area contributed by atoms with E-state index in [1.807, 2.05) is 44.2 Å². The zero-order chi connectivity index (χ0) is 13.5. The number of amides is 2. The molecule has 0 bridgehead atoms. The molecule has 98 valence electrons. The molecule has 0 radical (unpaired) electrons.